The first kappa shape index (κ1) is 25.9. The van der Waals surface area contributed by atoms with Gasteiger partial charge >= 0.3 is 6.09 Å². The maximum Gasteiger partial charge on any atom is 0.410 e. The summed E-state index contributed by atoms with van der Waals surface area (Å²) in [5.41, 5.74) is 8.36. The number of rotatable bonds is 4. The minimum atomic E-state index is -0.556. The van der Waals surface area contributed by atoms with Crippen LogP contribution in [0.15, 0.2) is 35.5 Å². The average molecular weight is 510 g/mol. The number of nitrogens with two attached hydrogens (primary N) is 1. The normalized spacial score (nSPS) is 14.4. The molecule has 3 aromatic rings. The van der Waals surface area contributed by atoms with Gasteiger partial charge in [-0.2, -0.15) is 5.10 Å². The number of carbonyl (C=O) groups is 2. The molecule has 0 aliphatic carbocycles. The third-order valence-corrected chi connectivity index (χ3v) is 5.97. The standard InChI is InChI=1S/C26H32FN7O3/c1-26(2,3)37-25(36)34-10-8-33(9-11-34)21-7-6-18(22(28)19(21)14-29-4)24(35)30-17-12-16-15-32(5)31-23(16)20(27)13-17/h6-7,12-15H,8-11,28H2,1-5H3,(H,30,35). The number of piperazine rings is 1. The number of aromatic nitrogens is 2. The van der Waals surface area contributed by atoms with Crippen LogP contribution >= 0.6 is 0 Å². The minimum Gasteiger partial charge on any atom is -0.444 e. The molecule has 2 amide bonds. The van der Waals surface area contributed by atoms with Crippen LogP contribution in [0.1, 0.15) is 36.7 Å². The fraction of sp³-hybridized carbons (Fsp3) is 0.385. The van der Waals surface area contributed by atoms with Crippen molar-refractivity contribution in [3.63, 3.8) is 0 Å². The molecule has 1 aliphatic rings. The quantitative estimate of drug-likeness (QED) is 0.409. The third-order valence-electron chi connectivity index (χ3n) is 5.97. The number of carbonyl (C=O) groups excluding carboxylic acids is 2. The second kappa shape index (κ2) is 10.1. The summed E-state index contributed by atoms with van der Waals surface area (Å²) >= 11 is 0. The van der Waals surface area contributed by atoms with Gasteiger partial charge in [0.05, 0.1) is 11.3 Å². The van der Waals surface area contributed by atoms with E-state index in [0.717, 1.165) is 5.69 Å². The maximum atomic E-state index is 14.5. The Morgan fingerprint density at radius 1 is 1.19 bits per heavy atom. The number of aliphatic imine (C=N–C) groups is 1. The molecule has 196 valence electrons. The Morgan fingerprint density at radius 3 is 2.54 bits per heavy atom. The van der Waals surface area contributed by atoms with E-state index in [9.17, 15) is 14.0 Å². The highest BCUT2D eigenvalue weighted by Crippen LogP contribution is 2.30. The van der Waals surface area contributed by atoms with E-state index in [1.54, 1.807) is 43.5 Å². The lowest BCUT2D eigenvalue weighted by atomic mass is 10.0. The van der Waals surface area contributed by atoms with Crippen LogP contribution in [0.3, 0.4) is 0 Å². The fourth-order valence-corrected chi connectivity index (χ4v) is 4.30. The molecule has 1 saturated heterocycles. The molecule has 3 N–H and O–H groups in total. The molecular weight excluding hydrogens is 477 g/mol. The van der Waals surface area contributed by atoms with Crippen LogP contribution < -0.4 is 16.0 Å². The zero-order valence-electron chi connectivity index (χ0n) is 21.7. The number of amides is 2. The number of anilines is 3. The van der Waals surface area contributed by atoms with E-state index in [1.165, 1.54) is 10.7 Å². The Hall–Kier alpha value is -4.15. The lowest BCUT2D eigenvalue weighted by molar-refractivity contribution is 0.0240. The third kappa shape index (κ3) is 5.65. The highest BCUT2D eigenvalue weighted by Gasteiger charge is 2.27. The summed E-state index contributed by atoms with van der Waals surface area (Å²) in [7, 11) is 3.33. The van der Waals surface area contributed by atoms with Crippen LogP contribution in [0, 0.1) is 5.82 Å². The van der Waals surface area contributed by atoms with Crippen LogP contribution in [0.25, 0.3) is 10.9 Å². The second-order valence-electron chi connectivity index (χ2n) is 9.95. The van der Waals surface area contributed by atoms with Crippen molar-refractivity contribution in [2.45, 2.75) is 26.4 Å². The molecule has 1 aromatic heterocycles. The number of nitrogens with zero attached hydrogens (tertiary/aromatic N) is 5. The van der Waals surface area contributed by atoms with Gasteiger partial charge in [0, 0.05) is 75.0 Å². The average Bonchev–Trinajstić information content (AvgIpc) is 3.20. The van der Waals surface area contributed by atoms with E-state index in [0.29, 0.717) is 42.8 Å². The first-order chi connectivity index (χ1) is 17.5. The zero-order chi connectivity index (χ0) is 26.9. The van der Waals surface area contributed by atoms with Crippen molar-refractivity contribution in [2.75, 3.05) is 49.2 Å². The number of hydrogen-bond acceptors (Lipinski definition) is 7. The van der Waals surface area contributed by atoms with Gasteiger partial charge in [-0.25, -0.2) is 9.18 Å². The van der Waals surface area contributed by atoms with Gasteiger partial charge < -0.3 is 25.6 Å². The molecule has 0 spiro atoms. The van der Waals surface area contributed by atoms with Crippen LogP contribution in [0.2, 0.25) is 0 Å². The van der Waals surface area contributed by atoms with Crippen molar-refractivity contribution in [1.82, 2.24) is 14.7 Å². The summed E-state index contributed by atoms with van der Waals surface area (Å²) in [6.07, 6.45) is 2.95. The molecule has 2 aromatic carbocycles. The van der Waals surface area contributed by atoms with E-state index in [4.69, 9.17) is 10.5 Å². The summed E-state index contributed by atoms with van der Waals surface area (Å²) in [6.45, 7) is 7.63. The molecule has 0 atom stereocenters. The molecule has 37 heavy (non-hydrogen) atoms. The van der Waals surface area contributed by atoms with E-state index in [1.807, 2.05) is 26.8 Å². The molecular formula is C26H32FN7O3. The van der Waals surface area contributed by atoms with Crippen molar-refractivity contribution in [1.29, 1.82) is 0 Å². The highest BCUT2D eigenvalue weighted by molar-refractivity contribution is 6.12. The first-order valence-electron chi connectivity index (χ1n) is 12.0. The number of benzene rings is 2. The number of aryl methyl sites for hydroxylation is 1. The Morgan fingerprint density at radius 2 is 1.89 bits per heavy atom. The lowest BCUT2D eigenvalue weighted by Gasteiger charge is -2.37. The summed E-state index contributed by atoms with van der Waals surface area (Å²) < 4.78 is 21.5. The van der Waals surface area contributed by atoms with Gasteiger partial charge in [0.25, 0.3) is 5.91 Å². The van der Waals surface area contributed by atoms with Crippen molar-refractivity contribution in [2.24, 2.45) is 12.0 Å². The summed E-state index contributed by atoms with van der Waals surface area (Å²) in [5.74, 6) is -0.992. The van der Waals surface area contributed by atoms with Crippen molar-refractivity contribution in [3.05, 3.63) is 47.4 Å². The van der Waals surface area contributed by atoms with Gasteiger partial charge in [-0.1, -0.05) is 0 Å². The molecule has 0 unspecified atom stereocenters. The van der Waals surface area contributed by atoms with Crippen molar-refractivity contribution >= 4 is 46.2 Å². The van der Waals surface area contributed by atoms with Crippen LogP contribution in [-0.2, 0) is 11.8 Å². The zero-order valence-corrected chi connectivity index (χ0v) is 21.7. The largest absolute Gasteiger partial charge is 0.444 e. The minimum absolute atomic E-state index is 0.234. The van der Waals surface area contributed by atoms with Gasteiger partial charge in [0.15, 0.2) is 5.82 Å². The van der Waals surface area contributed by atoms with Crippen LogP contribution in [0.5, 0.6) is 0 Å². The van der Waals surface area contributed by atoms with E-state index < -0.39 is 17.3 Å². The van der Waals surface area contributed by atoms with Crippen LogP contribution in [0.4, 0.5) is 26.2 Å². The highest BCUT2D eigenvalue weighted by atomic mass is 19.1. The number of hydrogen-bond donors (Lipinski definition) is 2. The van der Waals surface area contributed by atoms with Gasteiger partial charge in [0.2, 0.25) is 0 Å². The molecule has 1 fully saturated rings. The number of halogens is 1. The molecule has 4 rings (SSSR count). The Bertz CT molecular complexity index is 1370. The molecule has 1 aliphatic heterocycles. The van der Waals surface area contributed by atoms with Gasteiger partial charge in [-0.3, -0.25) is 14.5 Å². The number of nitrogen functional groups attached to an aromatic ring is 1. The fourth-order valence-electron chi connectivity index (χ4n) is 4.30. The van der Waals surface area contributed by atoms with E-state index >= 15 is 0 Å². The number of ether oxygens (including phenoxy) is 1. The van der Waals surface area contributed by atoms with Crippen LogP contribution in [-0.4, -0.2) is 71.7 Å². The van der Waals surface area contributed by atoms with Gasteiger partial charge in [-0.15, -0.1) is 0 Å². The summed E-state index contributed by atoms with van der Waals surface area (Å²) in [4.78, 5) is 33.4. The molecule has 11 heteroatoms. The van der Waals surface area contributed by atoms with Crippen molar-refractivity contribution in [3.8, 4) is 0 Å². The SMILES string of the molecule is CN=Cc1c(N2CCN(C(=O)OC(C)(C)C)CC2)ccc(C(=O)Nc2cc(F)c3nn(C)cc3c2)c1N. The number of fused-ring (bicyclic) bond motifs is 1. The second-order valence-corrected chi connectivity index (χ2v) is 9.95. The van der Waals surface area contributed by atoms with Crippen molar-refractivity contribution < 1.29 is 18.7 Å². The monoisotopic (exact) mass is 509 g/mol. The predicted octanol–water partition coefficient (Wildman–Crippen LogP) is 3.65. The molecule has 0 bridgehead atoms. The van der Waals surface area contributed by atoms with Gasteiger partial charge in [0.1, 0.15) is 11.1 Å². The molecule has 0 saturated carbocycles. The topological polar surface area (TPSA) is 118 Å². The Balaban J connectivity index is 1.53. The smallest absolute Gasteiger partial charge is 0.410 e. The van der Waals surface area contributed by atoms with E-state index in [-0.39, 0.29) is 22.9 Å². The predicted molar refractivity (Wildman–Crippen MR) is 143 cm³/mol. The van der Waals surface area contributed by atoms with Gasteiger partial charge in [-0.05, 0) is 45.0 Å². The summed E-state index contributed by atoms with van der Waals surface area (Å²) in [6, 6.07) is 6.35. The maximum absolute atomic E-state index is 14.5. The Labute approximate surface area is 214 Å². The first-order valence-corrected chi connectivity index (χ1v) is 12.0. The lowest BCUT2D eigenvalue weighted by Crippen LogP contribution is -2.50. The number of nitrogens with one attached hydrogen (secondary N) is 1. The molecule has 2 heterocycles. The Kier molecular flexibility index (Phi) is 7.06. The summed E-state index contributed by atoms with van der Waals surface area (Å²) in [5, 5.41) is 7.39. The molecule has 10 nitrogen and oxygen atoms in total. The molecule has 0 radical (unpaired) electrons. The van der Waals surface area contributed by atoms with E-state index in [2.05, 4.69) is 20.3 Å².